The molecular formula is C13H12N4O3S. The van der Waals surface area contributed by atoms with E-state index in [0.717, 1.165) is 11.5 Å². The van der Waals surface area contributed by atoms with Crippen molar-refractivity contribution < 1.29 is 14.3 Å². The summed E-state index contributed by atoms with van der Waals surface area (Å²) in [6, 6.07) is 8.35. The number of nitrogens with one attached hydrogen (secondary N) is 1. The van der Waals surface area contributed by atoms with Crippen LogP contribution in [0.25, 0.3) is 0 Å². The van der Waals surface area contributed by atoms with Crippen molar-refractivity contribution in [3.63, 3.8) is 0 Å². The Hall–Kier alpha value is -2.61. The zero-order valence-corrected chi connectivity index (χ0v) is 12.2. The molecule has 1 aromatic carbocycles. The smallest absolute Gasteiger partial charge is 0.362 e. The molecule has 0 aliphatic rings. The van der Waals surface area contributed by atoms with Gasteiger partial charge in [0.15, 0.2) is 0 Å². The third kappa shape index (κ3) is 3.69. The van der Waals surface area contributed by atoms with Crippen LogP contribution in [-0.4, -0.2) is 33.9 Å². The zero-order valence-electron chi connectivity index (χ0n) is 11.4. The van der Waals surface area contributed by atoms with Crippen molar-refractivity contribution in [1.82, 2.24) is 9.36 Å². The molecule has 1 aromatic heterocycles. The van der Waals surface area contributed by atoms with Crippen molar-refractivity contribution in [2.24, 2.45) is 5.10 Å². The van der Waals surface area contributed by atoms with Gasteiger partial charge in [-0.3, -0.25) is 10.2 Å². The average Bonchev–Trinajstić information content (AvgIpc) is 2.93. The van der Waals surface area contributed by atoms with Gasteiger partial charge in [0.05, 0.1) is 7.11 Å². The van der Waals surface area contributed by atoms with Crippen molar-refractivity contribution in [3.05, 3.63) is 41.7 Å². The molecule has 0 atom stereocenters. The van der Waals surface area contributed by atoms with E-state index in [-0.39, 0.29) is 5.71 Å². The topological polar surface area (TPSA) is 93.5 Å². The highest BCUT2D eigenvalue weighted by atomic mass is 32.1. The van der Waals surface area contributed by atoms with Crippen LogP contribution in [-0.2, 0) is 9.53 Å². The molecular weight excluding hydrogens is 292 g/mol. The van der Waals surface area contributed by atoms with E-state index in [1.165, 1.54) is 7.11 Å². The zero-order chi connectivity index (χ0) is 15.2. The Morgan fingerprint density at radius 3 is 2.57 bits per heavy atom. The highest BCUT2D eigenvalue weighted by Crippen LogP contribution is 2.10. The number of carbonyl (C=O) groups is 2. The molecule has 0 saturated carbocycles. The number of hydrogen-bond acceptors (Lipinski definition) is 8. The Labute approximate surface area is 124 Å². The molecule has 7 nitrogen and oxygen atoms in total. The number of aromatic nitrogens is 2. The average molecular weight is 304 g/mol. The van der Waals surface area contributed by atoms with Gasteiger partial charge in [-0.05, 0) is 6.92 Å². The second-order valence-corrected chi connectivity index (χ2v) is 4.66. The summed E-state index contributed by atoms with van der Waals surface area (Å²) in [6.45, 7) is 1.72. The predicted octanol–water partition coefficient (Wildman–Crippen LogP) is 1.67. The molecule has 0 fully saturated rings. The molecule has 0 radical (unpaired) electrons. The summed E-state index contributed by atoms with van der Waals surface area (Å²) < 4.78 is 8.55. The number of hydrazone groups is 1. The molecule has 1 heterocycles. The molecule has 0 unspecified atom stereocenters. The highest BCUT2D eigenvalue weighted by molar-refractivity contribution is 7.09. The summed E-state index contributed by atoms with van der Waals surface area (Å²) in [5, 5.41) is 4.19. The summed E-state index contributed by atoms with van der Waals surface area (Å²) in [4.78, 5) is 28.0. The number of nitrogens with zero attached hydrogens (tertiary/aromatic N) is 3. The molecule has 0 aliphatic heterocycles. The van der Waals surface area contributed by atoms with Gasteiger partial charge >= 0.3 is 5.97 Å². The minimum absolute atomic E-state index is 0.344. The van der Waals surface area contributed by atoms with Crippen LogP contribution in [0, 0.1) is 6.92 Å². The molecule has 108 valence electrons. The number of carbonyl (C=O) groups excluding carboxylic acids is 2. The standard InChI is InChI=1S/C13H12N4O3S/c1-8-14-13(21-17-8)16-15-10(12(19)20-2)11(18)9-6-4-3-5-7-9/h3-7H,1-2H3,(H,14,16,17)/b15-10-. The SMILES string of the molecule is COC(=O)/C(=N\Nc1nc(C)ns1)C(=O)c1ccccc1. The lowest BCUT2D eigenvalue weighted by Crippen LogP contribution is -2.26. The predicted molar refractivity (Wildman–Crippen MR) is 78.5 cm³/mol. The molecule has 0 aliphatic carbocycles. The fourth-order valence-corrected chi connectivity index (χ4v) is 1.98. The van der Waals surface area contributed by atoms with Gasteiger partial charge in [-0.15, -0.1) is 0 Å². The molecule has 0 amide bonds. The van der Waals surface area contributed by atoms with Crippen LogP contribution in [0.3, 0.4) is 0 Å². The van der Waals surface area contributed by atoms with Crippen molar-refractivity contribution in [3.8, 4) is 0 Å². The van der Waals surface area contributed by atoms with Crippen molar-refractivity contribution in [1.29, 1.82) is 0 Å². The number of methoxy groups -OCH3 is 1. The van der Waals surface area contributed by atoms with E-state index in [1.807, 2.05) is 0 Å². The van der Waals surface area contributed by atoms with Crippen LogP contribution in [0.5, 0.6) is 0 Å². The Kier molecular flexibility index (Phi) is 4.72. The maximum Gasteiger partial charge on any atom is 0.362 e. The minimum atomic E-state index is -0.822. The number of Topliss-reactive ketones (excluding diaryl/α,β-unsaturated/α-hetero) is 1. The lowest BCUT2D eigenvalue weighted by atomic mass is 10.1. The molecule has 2 aromatic rings. The first-order chi connectivity index (χ1) is 10.1. The van der Waals surface area contributed by atoms with Crippen molar-refractivity contribution in [2.45, 2.75) is 6.92 Å². The number of benzene rings is 1. The van der Waals surface area contributed by atoms with E-state index in [2.05, 4.69) is 24.6 Å². The van der Waals surface area contributed by atoms with Crippen LogP contribution >= 0.6 is 11.5 Å². The van der Waals surface area contributed by atoms with E-state index in [1.54, 1.807) is 37.3 Å². The Morgan fingerprint density at radius 2 is 2.00 bits per heavy atom. The number of hydrogen-bond donors (Lipinski definition) is 1. The number of ketones is 1. The summed E-state index contributed by atoms with van der Waals surface area (Å²) in [5.41, 5.74) is 2.54. The van der Waals surface area contributed by atoms with Crippen LogP contribution in [0.4, 0.5) is 5.13 Å². The summed E-state index contributed by atoms with van der Waals surface area (Å²) in [6.07, 6.45) is 0. The van der Waals surface area contributed by atoms with E-state index in [9.17, 15) is 9.59 Å². The Balaban J connectivity index is 2.26. The van der Waals surface area contributed by atoms with E-state index in [0.29, 0.717) is 16.5 Å². The first-order valence-corrected chi connectivity index (χ1v) is 6.71. The minimum Gasteiger partial charge on any atom is -0.464 e. The van der Waals surface area contributed by atoms with Gasteiger partial charge in [0.1, 0.15) is 5.82 Å². The monoisotopic (exact) mass is 304 g/mol. The highest BCUT2D eigenvalue weighted by Gasteiger charge is 2.23. The van der Waals surface area contributed by atoms with Gasteiger partial charge in [-0.1, -0.05) is 30.3 Å². The largest absolute Gasteiger partial charge is 0.464 e. The molecule has 1 N–H and O–H groups in total. The van der Waals surface area contributed by atoms with E-state index >= 15 is 0 Å². The summed E-state index contributed by atoms with van der Waals surface area (Å²) in [5.74, 6) is -0.777. The molecule has 8 heteroatoms. The van der Waals surface area contributed by atoms with Crippen LogP contribution in [0.1, 0.15) is 16.2 Å². The number of aryl methyl sites for hydroxylation is 1. The number of anilines is 1. The van der Waals surface area contributed by atoms with Gasteiger partial charge in [-0.25, -0.2) is 9.78 Å². The van der Waals surface area contributed by atoms with Gasteiger partial charge in [0, 0.05) is 17.1 Å². The molecule has 21 heavy (non-hydrogen) atoms. The third-order valence-corrected chi connectivity index (χ3v) is 3.13. The molecule has 0 bridgehead atoms. The molecule has 0 spiro atoms. The van der Waals surface area contributed by atoms with E-state index in [4.69, 9.17) is 0 Å². The summed E-state index contributed by atoms with van der Waals surface area (Å²) in [7, 11) is 1.19. The van der Waals surface area contributed by atoms with Crippen molar-refractivity contribution >= 4 is 34.1 Å². The third-order valence-electron chi connectivity index (χ3n) is 2.42. The maximum absolute atomic E-state index is 12.3. The first-order valence-electron chi connectivity index (χ1n) is 5.94. The van der Waals surface area contributed by atoms with Crippen LogP contribution in [0.2, 0.25) is 0 Å². The first kappa shape index (κ1) is 14.8. The lowest BCUT2D eigenvalue weighted by molar-refractivity contribution is -0.132. The van der Waals surface area contributed by atoms with Crippen molar-refractivity contribution in [2.75, 3.05) is 12.5 Å². The fourth-order valence-electron chi connectivity index (χ4n) is 1.46. The Morgan fingerprint density at radius 1 is 1.29 bits per heavy atom. The fraction of sp³-hybridized carbons (Fsp3) is 0.154. The second-order valence-electron chi connectivity index (χ2n) is 3.91. The summed E-state index contributed by atoms with van der Waals surface area (Å²) >= 11 is 1.08. The van der Waals surface area contributed by atoms with Crippen LogP contribution in [0.15, 0.2) is 35.4 Å². The molecule has 2 rings (SSSR count). The quantitative estimate of drug-likeness (QED) is 0.297. The van der Waals surface area contributed by atoms with Gasteiger partial charge in [0.25, 0.3) is 0 Å². The van der Waals surface area contributed by atoms with Gasteiger partial charge in [0.2, 0.25) is 16.6 Å². The number of ether oxygens (including phenoxy) is 1. The van der Waals surface area contributed by atoms with Gasteiger partial charge < -0.3 is 4.74 Å². The lowest BCUT2D eigenvalue weighted by Gasteiger charge is -2.03. The van der Waals surface area contributed by atoms with Crippen LogP contribution < -0.4 is 5.43 Å². The number of rotatable bonds is 5. The Bertz CT molecular complexity index is 682. The molecule has 0 saturated heterocycles. The normalized spacial score (nSPS) is 11.0. The van der Waals surface area contributed by atoms with Gasteiger partial charge in [-0.2, -0.15) is 9.47 Å². The number of esters is 1. The maximum atomic E-state index is 12.3. The second kappa shape index (κ2) is 6.71. The van der Waals surface area contributed by atoms with E-state index < -0.39 is 11.8 Å².